The van der Waals surface area contributed by atoms with Gasteiger partial charge in [0.05, 0.1) is 11.5 Å². The number of esters is 3. The number of pyridine rings is 1. The lowest BCUT2D eigenvalue weighted by Crippen LogP contribution is -2.55. The van der Waals surface area contributed by atoms with Crippen molar-refractivity contribution in [2.24, 2.45) is 29.1 Å². The Labute approximate surface area is 223 Å². The molecule has 1 aromatic rings. The zero-order valence-corrected chi connectivity index (χ0v) is 23.0. The maximum atomic E-state index is 14.3. The standard InChI is InChI=1S/C30H37NO7/c1-16-10-11-22-23(29(22,6)7)13-17(2)27(34)30(38-20(5)33)14-18(3)26(36-19(4)32)24(30)25(16)37-28(35)21-9-8-12-31-15-21/h8-9,12-13,15,18,22-26H,1,10-11,14H2,2-7H3/b17-13+/t18-,22-,23+,24-,25-,26-,30+/m0/s1. The van der Waals surface area contributed by atoms with Gasteiger partial charge in [-0.05, 0) is 66.2 Å². The van der Waals surface area contributed by atoms with E-state index in [0.29, 0.717) is 23.5 Å². The quantitative estimate of drug-likeness (QED) is 0.319. The summed E-state index contributed by atoms with van der Waals surface area (Å²) in [6.07, 6.45) is 4.47. The molecule has 0 radical (unpaired) electrons. The number of Topliss-reactive ketones (excluding diaryl/α,β-unsaturated/α-hetero) is 1. The number of ether oxygens (including phenoxy) is 3. The molecule has 8 heteroatoms. The molecule has 0 N–H and O–H groups in total. The molecule has 3 aliphatic rings. The summed E-state index contributed by atoms with van der Waals surface area (Å²) in [5.74, 6) is -3.03. The number of rotatable bonds is 4. The lowest BCUT2D eigenvalue weighted by Gasteiger charge is -2.40. The van der Waals surface area contributed by atoms with Gasteiger partial charge in [-0.15, -0.1) is 0 Å². The van der Waals surface area contributed by atoms with Gasteiger partial charge in [0.1, 0.15) is 12.2 Å². The summed E-state index contributed by atoms with van der Waals surface area (Å²) in [5, 5.41) is 0. The number of carbonyl (C=O) groups is 4. The number of hydrogen-bond donors (Lipinski definition) is 0. The van der Waals surface area contributed by atoms with Crippen molar-refractivity contribution >= 4 is 23.7 Å². The highest BCUT2D eigenvalue weighted by atomic mass is 16.6. The Morgan fingerprint density at radius 3 is 2.45 bits per heavy atom. The second-order valence-electron chi connectivity index (χ2n) is 11.7. The first-order chi connectivity index (χ1) is 17.8. The summed E-state index contributed by atoms with van der Waals surface area (Å²) in [5.41, 5.74) is -0.400. The lowest BCUT2D eigenvalue weighted by atomic mass is 9.76. The van der Waals surface area contributed by atoms with Gasteiger partial charge in [0.25, 0.3) is 0 Å². The Kier molecular flexibility index (Phi) is 7.38. The highest BCUT2D eigenvalue weighted by Crippen LogP contribution is 2.62. The van der Waals surface area contributed by atoms with Crippen LogP contribution in [0.15, 0.2) is 48.3 Å². The molecular formula is C30H37NO7. The van der Waals surface area contributed by atoms with Crippen molar-refractivity contribution < 1.29 is 33.4 Å². The molecule has 0 aliphatic heterocycles. The van der Waals surface area contributed by atoms with Crippen molar-refractivity contribution in [2.75, 3.05) is 0 Å². The third-order valence-corrected chi connectivity index (χ3v) is 8.65. The predicted molar refractivity (Wildman–Crippen MR) is 139 cm³/mol. The number of hydrogen-bond acceptors (Lipinski definition) is 8. The predicted octanol–water partition coefficient (Wildman–Crippen LogP) is 4.63. The molecule has 38 heavy (non-hydrogen) atoms. The van der Waals surface area contributed by atoms with E-state index in [-0.39, 0.29) is 35.0 Å². The first kappa shape index (κ1) is 27.7. The average molecular weight is 524 g/mol. The summed E-state index contributed by atoms with van der Waals surface area (Å²) < 4.78 is 17.8. The molecule has 0 spiro atoms. The molecule has 4 rings (SSSR count). The highest BCUT2D eigenvalue weighted by molar-refractivity contribution is 6.03. The van der Waals surface area contributed by atoms with Crippen LogP contribution in [0.5, 0.6) is 0 Å². The Morgan fingerprint density at radius 2 is 1.84 bits per heavy atom. The molecule has 0 unspecified atom stereocenters. The fraction of sp³-hybridized carbons (Fsp3) is 0.567. The maximum Gasteiger partial charge on any atom is 0.340 e. The molecule has 3 aliphatic carbocycles. The van der Waals surface area contributed by atoms with Crippen LogP contribution in [-0.2, 0) is 28.6 Å². The summed E-state index contributed by atoms with van der Waals surface area (Å²) in [6, 6.07) is 3.21. The molecule has 7 atom stereocenters. The van der Waals surface area contributed by atoms with Crippen molar-refractivity contribution in [3.8, 4) is 0 Å². The number of carbonyl (C=O) groups excluding carboxylic acids is 4. The average Bonchev–Trinajstić information content (AvgIpc) is 3.24. The Bertz CT molecular complexity index is 1190. The fourth-order valence-corrected chi connectivity index (χ4v) is 6.71. The van der Waals surface area contributed by atoms with E-state index in [2.05, 4.69) is 25.4 Å². The molecular weight excluding hydrogens is 486 g/mol. The Morgan fingerprint density at radius 1 is 1.13 bits per heavy atom. The van der Waals surface area contributed by atoms with Gasteiger partial charge < -0.3 is 14.2 Å². The normalized spacial score (nSPS) is 35.5. The summed E-state index contributed by atoms with van der Waals surface area (Å²) in [7, 11) is 0. The van der Waals surface area contributed by atoms with E-state index in [1.165, 1.54) is 20.0 Å². The number of nitrogens with zero attached hydrogens (tertiary/aromatic N) is 1. The van der Waals surface area contributed by atoms with Crippen LogP contribution in [-0.4, -0.2) is 46.5 Å². The van der Waals surface area contributed by atoms with E-state index in [1.807, 2.05) is 13.0 Å². The van der Waals surface area contributed by atoms with Gasteiger partial charge in [-0.1, -0.05) is 33.4 Å². The van der Waals surface area contributed by atoms with Crippen molar-refractivity contribution in [3.63, 3.8) is 0 Å². The van der Waals surface area contributed by atoms with Gasteiger partial charge >= 0.3 is 17.9 Å². The highest BCUT2D eigenvalue weighted by Gasteiger charge is 2.65. The van der Waals surface area contributed by atoms with Crippen LogP contribution in [0.2, 0.25) is 0 Å². The van der Waals surface area contributed by atoms with Crippen LogP contribution < -0.4 is 0 Å². The molecule has 1 heterocycles. The summed E-state index contributed by atoms with van der Waals surface area (Å²) >= 11 is 0. The van der Waals surface area contributed by atoms with Gasteiger partial charge in [-0.25, -0.2) is 4.79 Å². The molecule has 204 valence electrons. The first-order valence-corrected chi connectivity index (χ1v) is 13.2. The second-order valence-corrected chi connectivity index (χ2v) is 11.7. The number of allylic oxidation sites excluding steroid dienone is 1. The van der Waals surface area contributed by atoms with E-state index < -0.39 is 41.6 Å². The zero-order valence-electron chi connectivity index (χ0n) is 23.0. The van der Waals surface area contributed by atoms with Crippen LogP contribution in [0.25, 0.3) is 0 Å². The van der Waals surface area contributed by atoms with Crippen molar-refractivity contribution in [1.82, 2.24) is 4.98 Å². The van der Waals surface area contributed by atoms with Crippen molar-refractivity contribution in [2.45, 2.75) is 78.6 Å². The molecule has 2 fully saturated rings. The largest absolute Gasteiger partial charge is 0.462 e. The minimum absolute atomic E-state index is 0.000139. The molecule has 0 saturated heterocycles. The number of aromatic nitrogens is 1. The molecule has 0 aromatic carbocycles. The Balaban J connectivity index is 1.89. The van der Waals surface area contributed by atoms with E-state index in [0.717, 1.165) is 6.42 Å². The zero-order chi connectivity index (χ0) is 28.0. The van der Waals surface area contributed by atoms with Gasteiger partial charge in [-0.2, -0.15) is 0 Å². The van der Waals surface area contributed by atoms with Crippen molar-refractivity contribution in [1.29, 1.82) is 0 Å². The summed E-state index contributed by atoms with van der Waals surface area (Å²) in [6.45, 7) is 14.8. The van der Waals surface area contributed by atoms with Gasteiger partial charge in [-0.3, -0.25) is 19.4 Å². The summed E-state index contributed by atoms with van der Waals surface area (Å²) in [4.78, 5) is 56.4. The first-order valence-electron chi connectivity index (χ1n) is 13.2. The molecule has 0 amide bonds. The monoisotopic (exact) mass is 523 g/mol. The third-order valence-electron chi connectivity index (χ3n) is 8.65. The number of fused-ring (bicyclic) bond motifs is 2. The van der Waals surface area contributed by atoms with Crippen LogP contribution in [0.1, 0.15) is 71.2 Å². The minimum Gasteiger partial charge on any atom is -0.462 e. The smallest absolute Gasteiger partial charge is 0.340 e. The van der Waals surface area contributed by atoms with Crippen molar-refractivity contribution in [3.05, 3.63) is 53.9 Å². The molecule has 1 aromatic heterocycles. The van der Waals surface area contributed by atoms with Gasteiger partial charge in [0, 0.05) is 32.7 Å². The van der Waals surface area contributed by atoms with E-state index in [9.17, 15) is 19.2 Å². The minimum atomic E-state index is -1.70. The molecule has 2 saturated carbocycles. The van der Waals surface area contributed by atoms with Crippen LogP contribution in [0.3, 0.4) is 0 Å². The second kappa shape index (κ2) is 10.1. The maximum absolute atomic E-state index is 14.3. The van der Waals surface area contributed by atoms with Gasteiger partial charge in [0.2, 0.25) is 5.78 Å². The van der Waals surface area contributed by atoms with E-state index in [1.54, 1.807) is 25.3 Å². The van der Waals surface area contributed by atoms with E-state index >= 15 is 0 Å². The lowest BCUT2D eigenvalue weighted by molar-refractivity contribution is -0.178. The fourth-order valence-electron chi connectivity index (χ4n) is 6.71. The third kappa shape index (κ3) is 4.93. The topological polar surface area (TPSA) is 109 Å². The SMILES string of the molecule is C=C1CC[C@H]2[C@@H](/C=C(\C)C(=O)[C@@]3(OC(C)=O)C[C@H](C)[C@H](OC(C)=O)[C@@H]3[C@H]1OC(=O)c1cccnc1)C2(C)C. The van der Waals surface area contributed by atoms with Crippen LogP contribution in [0.4, 0.5) is 0 Å². The molecule has 0 bridgehead atoms. The van der Waals surface area contributed by atoms with Gasteiger partial charge in [0.15, 0.2) is 5.60 Å². The Hall–Kier alpha value is -3.29. The number of ketones is 1. The van der Waals surface area contributed by atoms with E-state index in [4.69, 9.17) is 14.2 Å². The van der Waals surface area contributed by atoms with Crippen LogP contribution >= 0.6 is 0 Å². The van der Waals surface area contributed by atoms with Crippen LogP contribution in [0, 0.1) is 29.1 Å². The molecule has 8 nitrogen and oxygen atoms in total.